The van der Waals surface area contributed by atoms with Crippen molar-refractivity contribution in [3.05, 3.63) is 0 Å². The molecule has 4 nitrogen and oxygen atoms in total. The minimum Gasteiger partial charge on any atom is -0.376 e. The van der Waals surface area contributed by atoms with Gasteiger partial charge in [-0.05, 0) is 26.9 Å². The van der Waals surface area contributed by atoms with Crippen LogP contribution in [0.2, 0.25) is 0 Å². The van der Waals surface area contributed by atoms with Gasteiger partial charge >= 0.3 is 0 Å². The highest BCUT2D eigenvalue weighted by molar-refractivity contribution is 5.00. The fourth-order valence-corrected chi connectivity index (χ4v) is 2.86. The van der Waals surface area contributed by atoms with E-state index in [1.54, 1.807) is 0 Å². The van der Waals surface area contributed by atoms with Crippen LogP contribution in [0.25, 0.3) is 0 Å². The van der Waals surface area contributed by atoms with Crippen LogP contribution in [0.4, 0.5) is 0 Å². The van der Waals surface area contributed by atoms with Crippen molar-refractivity contribution in [1.29, 1.82) is 0 Å². The van der Waals surface area contributed by atoms with Gasteiger partial charge < -0.3 is 15.4 Å². The number of morpholine rings is 1. The first-order valence-electron chi connectivity index (χ1n) is 5.91. The van der Waals surface area contributed by atoms with Crippen LogP contribution >= 0.6 is 0 Å². The Labute approximate surface area is 92.4 Å². The summed E-state index contributed by atoms with van der Waals surface area (Å²) in [6.45, 7) is 8.12. The number of hydrogen-bond acceptors (Lipinski definition) is 4. The van der Waals surface area contributed by atoms with Gasteiger partial charge in [0, 0.05) is 31.7 Å². The van der Waals surface area contributed by atoms with Crippen molar-refractivity contribution in [1.82, 2.24) is 9.80 Å². The number of likely N-dealkylation sites (N-methyl/N-ethyl adjacent to an activating group) is 1. The highest BCUT2D eigenvalue weighted by atomic mass is 16.5. The molecule has 0 aromatic heterocycles. The van der Waals surface area contributed by atoms with E-state index in [0.717, 1.165) is 32.8 Å². The summed E-state index contributed by atoms with van der Waals surface area (Å²) >= 11 is 0. The molecule has 0 amide bonds. The zero-order chi connectivity index (χ0) is 10.9. The number of nitrogens with zero attached hydrogens (tertiary/aromatic N) is 2. The van der Waals surface area contributed by atoms with Crippen LogP contribution in [0.5, 0.6) is 0 Å². The van der Waals surface area contributed by atoms with Gasteiger partial charge in [0.1, 0.15) is 0 Å². The quantitative estimate of drug-likeness (QED) is 0.686. The first-order valence-corrected chi connectivity index (χ1v) is 5.91. The van der Waals surface area contributed by atoms with Crippen LogP contribution in [-0.4, -0.2) is 67.8 Å². The number of hydrogen-bond donors (Lipinski definition) is 1. The Morgan fingerprint density at radius 2 is 2.27 bits per heavy atom. The van der Waals surface area contributed by atoms with Crippen molar-refractivity contribution >= 4 is 0 Å². The van der Waals surface area contributed by atoms with Crippen LogP contribution in [0, 0.1) is 0 Å². The molecule has 2 heterocycles. The summed E-state index contributed by atoms with van der Waals surface area (Å²) < 4.78 is 5.59. The Morgan fingerprint density at radius 1 is 1.47 bits per heavy atom. The third-order valence-electron chi connectivity index (χ3n) is 3.81. The molecule has 2 unspecified atom stereocenters. The maximum Gasteiger partial charge on any atom is 0.0674 e. The molecule has 0 spiro atoms. The molecule has 0 saturated carbocycles. The number of likely N-dealkylation sites (tertiary alicyclic amines) is 1. The number of rotatable bonds is 2. The van der Waals surface area contributed by atoms with Gasteiger partial charge in [0.05, 0.1) is 12.7 Å². The SMILES string of the molecule is CC1CN(C2(CN)CCN(C)C2)CCO1. The van der Waals surface area contributed by atoms with Gasteiger partial charge in [-0.1, -0.05) is 0 Å². The molecule has 2 N–H and O–H groups in total. The molecule has 2 saturated heterocycles. The average molecular weight is 213 g/mol. The maximum absolute atomic E-state index is 6.00. The van der Waals surface area contributed by atoms with Gasteiger partial charge in [-0.2, -0.15) is 0 Å². The third-order valence-corrected chi connectivity index (χ3v) is 3.81. The third kappa shape index (κ3) is 2.18. The molecule has 88 valence electrons. The molecule has 2 aliphatic heterocycles. The van der Waals surface area contributed by atoms with Crippen molar-refractivity contribution < 1.29 is 4.74 Å². The molecule has 2 aliphatic rings. The van der Waals surface area contributed by atoms with Gasteiger partial charge in [-0.15, -0.1) is 0 Å². The minimum atomic E-state index is 0.215. The molecule has 2 rings (SSSR count). The predicted octanol–water partition coefficient (Wildman–Crippen LogP) is -0.260. The van der Waals surface area contributed by atoms with E-state index < -0.39 is 0 Å². The Hall–Kier alpha value is -0.160. The van der Waals surface area contributed by atoms with Crippen LogP contribution in [-0.2, 0) is 4.74 Å². The number of ether oxygens (including phenoxy) is 1. The van der Waals surface area contributed by atoms with Crippen LogP contribution in [0.15, 0.2) is 0 Å². The van der Waals surface area contributed by atoms with Crippen molar-refractivity contribution in [2.75, 3.05) is 46.4 Å². The molecule has 0 aromatic carbocycles. The van der Waals surface area contributed by atoms with Crippen molar-refractivity contribution in [2.24, 2.45) is 5.73 Å². The molecule has 2 atom stereocenters. The molecule has 0 bridgehead atoms. The van der Waals surface area contributed by atoms with E-state index in [1.165, 1.54) is 13.0 Å². The van der Waals surface area contributed by atoms with Gasteiger partial charge in [-0.25, -0.2) is 0 Å². The topological polar surface area (TPSA) is 41.7 Å². The second-order valence-electron chi connectivity index (χ2n) is 5.04. The summed E-state index contributed by atoms with van der Waals surface area (Å²) in [6.07, 6.45) is 1.56. The summed E-state index contributed by atoms with van der Waals surface area (Å²) in [5.41, 5.74) is 6.21. The first-order chi connectivity index (χ1) is 7.16. The highest BCUT2D eigenvalue weighted by Crippen LogP contribution is 2.27. The van der Waals surface area contributed by atoms with Gasteiger partial charge in [0.25, 0.3) is 0 Å². The minimum absolute atomic E-state index is 0.215. The van der Waals surface area contributed by atoms with Gasteiger partial charge in [-0.3, -0.25) is 4.90 Å². The lowest BCUT2D eigenvalue weighted by atomic mass is 9.95. The maximum atomic E-state index is 6.00. The fraction of sp³-hybridized carbons (Fsp3) is 1.00. The monoisotopic (exact) mass is 213 g/mol. The Kier molecular flexibility index (Phi) is 3.30. The van der Waals surface area contributed by atoms with Gasteiger partial charge in [0.15, 0.2) is 0 Å². The van der Waals surface area contributed by atoms with Crippen molar-refractivity contribution in [3.8, 4) is 0 Å². The first kappa shape index (κ1) is 11.3. The summed E-state index contributed by atoms with van der Waals surface area (Å²) in [4.78, 5) is 4.93. The largest absolute Gasteiger partial charge is 0.376 e. The van der Waals surface area contributed by atoms with E-state index in [9.17, 15) is 0 Å². The van der Waals surface area contributed by atoms with Crippen LogP contribution < -0.4 is 5.73 Å². The normalized spacial score (nSPS) is 39.8. The lowest BCUT2D eigenvalue weighted by Gasteiger charge is -2.44. The summed E-state index contributed by atoms with van der Waals surface area (Å²) in [5, 5.41) is 0. The molecular weight excluding hydrogens is 190 g/mol. The lowest BCUT2D eigenvalue weighted by molar-refractivity contribution is -0.0575. The summed E-state index contributed by atoms with van der Waals surface area (Å²) in [5.74, 6) is 0. The standard InChI is InChI=1S/C11H23N3O/c1-10-7-14(5-6-15-10)11(8-12)3-4-13(2)9-11/h10H,3-9,12H2,1-2H3. The zero-order valence-electron chi connectivity index (χ0n) is 9.91. The van der Waals surface area contributed by atoms with Gasteiger partial charge in [0.2, 0.25) is 0 Å². The lowest BCUT2D eigenvalue weighted by Crippen LogP contribution is -2.60. The second kappa shape index (κ2) is 4.37. The Morgan fingerprint density at radius 3 is 2.80 bits per heavy atom. The van der Waals surface area contributed by atoms with E-state index in [-0.39, 0.29) is 5.54 Å². The van der Waals surface area contributed by atoms with Crippen LogP contribution in [0.3, 0.4) is 0 Å². The average Bonchev–Trinajstić information content (AvgIpc) is 2.61. The Bertz CT molecular complexity index is 224. The fourth-order valence-electron chi connectivity index (χ4n) is 2.86. The van der Waals surface area contributed by atoms with Crippen molar-refractivity contribution in [2.45, 2.75) is 25.0 Å². The predicted molar refractivity (Wildman–Crippen MR) is 60.9 cm³/mol. The van der Waals surface area contributed by atoms with E-state index in [1.807, 2.05) is 0 Å². The molecule has 15 heavy (non-hydrogen) atoms. The Balaban J connectivity index is 2.05. The zero-order valence-corrected chi connectivity index (χ0v) is 9.91. The molecule has 0 aliphatic carbocycles. The molecule has 0 aromatic rings. The summed E-state index contributed by atoms with van der Waals surface area (Å²) in [7, 11) is 2.18. The smallest absolute Gasteiger partial charge is 0.0674 e. The highest BCUT2D eigenvalue weighted by Gasteiger charge is 2.42. The number of nitrogens with two attached hydrogens (primary N) is 1. The second-order valence-corrected chi connectivity index (χ2v) is 5.04. The molecule has 2 fully saturated rings. The van der Waals surface area contributed by atoms with E-state index in [2.05, 4.69) is 23.8 Å². The van der Waals surface area contributed by atoms with Crippen molar-refractivity contribution in [3.63, 3.8) is 0 Å². The van der Waals surface area contributed by atoms with E-state index in [4.69, 9.17) is 10.5 Å². The summed E-state index contributed by atoms with van der Waals surface area (Å²) in [6, 6.07) is 0. The van der Waals surface area contributed by atoms with E-state index in [0.29, 0.717) is 6.10 Å². The molecule has 0 radical (unpaired) electrons. The molecular formula is C11H23N3O. The molecule has 4 heteroatoms. The van der Waals surface area contributed by atoms with E-state index >= 15 is 0 Å². The van der Waals surface area contributed by atoms with Crippen LogP contribution in [0.1, 0.15) is 13.3 Å².